The molecular weight excluding hydrogens is 485 g/mol. The van der Waals surface area contributed by atoms with E-state index in [4.69, 9.17) is 21.1 Å². The number of nitrogens with one attached hydrogen (secondary N) is 1. The van der Waals surface area contributed by atoms with Crippen LogP contribution in [0.5, 0.6) is 11.5 Å². The van der Waals surface area contributed by atoms with Crippen molar-refractivity contribution < 1.29 is 32.5 Å². The van der Waals surface area contributed by atoms with Gasteiger partial charge in [-0.2, -0.15) is 8.78 Å². The Balaban J connectivity index is 1.35. The number of fused-ring (bicyclic) bond motifs is 2. The van der Waals surface area contributed by atoms with Gasteiger partial charge in [-0.25, -0.2) is 4.39 Å². The average Bonchev–Trinajstić information content (AvgIpc) is 3.24. The Bertz CT molecular complexity index is 1130. The van der Waals surface area contributed by atoms with Crippen molar-refractivity contribution in [2.45, 2.75) is 37.3 Å². The lowest BCUT2D eigenvalue weighted by Gasteiger charge is -2.37. The Kier molecular flexibility index (Phi) is 6.59. The van der Waals surface area contributed by atoms with Crippen molar-refractivity contribution in [1.29, 1.82) is 0 Å². The number of hydrogen-bond donors (Lipinski definition) is 2. The highest BCUT2D eigenvalue weighted by Gasteiger charge is 2.50. The van der Waals surface area contributed by atoms with Gasteiger partial charge in [0, 0.05) is 17.5 Å². The van der Waals surface area contributed by atoms with Crippen LogP contribution in [0.25, 0.3) is 0 Å². The molecule has 35 heavy (non-hydrogen) atoms. The first-order valence-electron chi connectivity index (χ1n) is 11.7. The fourth-order valence-electron chi connectivity index (χ4n) is 4.89. The molecule has 3 atom stereocenters. The molecule has 2 aromatic carbocycles. The molecule has 1 aliphatic carbocycles. The summed E-state index contributed by atoms with van der Waals surface area (Å²) >= 11 is 5.99. The van der Waals surface area contributed by atoms with Gasteiger partial charge in [0.1, 0.15) is 19.3 Å². The van der Waals surface area contributed by atoms with E-state index in [0.717, 1.165) is 31.1 Å². The van der Waals surface area contributed by atoms with Crippen molar-refractivity contribution in [2.24, 2.45) is 5.92 Å². The molecule has 3 unspecified atom stereocenters. The molecule has 6 nitrogen and oxygen atoms in total. The Morgan fingerprint density at radius 3 is 2.66 bits per heavy atom. The predicted molar refractivity (Wildman–Crippen MR) is 123 cm³/mol. The Labute approximate surface area is 206 Å². The van der Waals surface area contributed by atoms with E-state index in [1.807, 2.05) is 4.90 Å². The number of hydrogen-bond acceptors (Lipinski definition) is 5. The molecule has 1 saturated heterocycles. The van der Waals surface area contributed by atoms with Gasteiger partial charge in [-0.1, -0.05) is 17.7 Å². The number of carbonyl (C=O) groups is 1. The summed E-state index contributed by atoms with van der Waals surface area (Å²) in [6.07, 6.45) is -0.405. The number of carbonyl (C=O) groups excluding carboxylic acids is 1. The van der Waals surface area contributed by atoms with Gasteiger partial charge in [0.15, 0.2) is 17.3 Å². The van der Waals surface area contributed by atoms with Gasteiger partial charge in [-0.05, 0) is 73.3 Å². The summed E-state index contributed by atoms with van der Waals surface area (Å²) in [5, 5.41) is 13.9. The average molecular weight is 511 g/mol. The third-order valence-corrected chi connectivity index (χ3v) is 7.21. The molecule has 0 aromatic heterocycles. The molecule has 0 radical (unpaired) electrons. The highest BCUT2D eigenvalue weighted by Crippen LogP contribution is 2.39. The number of likely N-dealkylation sites (tertiary alicyclic amines) is 1. The van der Waals surface area contributed by atoms with Gasteiger partial charge in [0.25, 0.3) is 5.91 Å². The quantitative estimate of drug-likeness (QED) is 0.596. The second kappa shape index (κ2) is 9.52. The van der Waals surface area contributed by atoms with Crippen LogP contribution in [0.4, 0.5) is 13.2 Å². The van der Waals surface area contributed by atoms with Gasteiger partial charge in [-0.15, -0.1) is 0 Å². The maximum absolute atomic E-state index is 15.3. The van der Waals surface area contributed by atoms with Crippen molar-refractivity contribution in [3.63, 3.8) is 0 Å². The molecule has 1 fully saturated rings. The van der Waals surface area contributed by atoms with Crippen molar-refractivity contribution in [2.75, 3.05) is 32.8 Å². The van der Waals surface area contributed by atoms with E-state index < -0.39 is 35.7 Å². The second-order valence-electron chi connectivity index (χ2n) is 9.35. The van der Waals surface area contributed by atoms with Crippen LogP contribution in [0.15, 0.2) is 30.3 Å². The third-order valence-electron chi connectivity index (χ3n) is 6.98. The SMILES string of the molecule is O=C(NC(CN1CCC1)C(O)c1cc(F)c2c(c1)OCCO2)C(F)(F)C1Cc2ccc(Cl)cc2C1. The summed E-state index contributed by atoms with van der Waals surface area (Å²) in [5.74, 6) is -6.99. The zero-order valence-corrected chi connectivity index (χ0v) is 19.7. The van der Waals surface area contributed by atoms with Crippen molar-refractivity contribution in [1.82, 2.24) is 10.2 Å². The van der Waals surface area contributed by atoms with Crippen LogP contribution in [-0.2, 0) is 17.6 Å². The standard InChI is InChI=1S/C25H26ClF3N2O4/c26-18-3-2-14-8-17(9-15(14)10-18)25(28,29)24(33)30-20(13-31-4-1-5-31)22(32)16-11-19(27)23-21(12-16)34-6-7-35-23/h2-3,10-12,17,20,22,32H,1,4-9,13H2,(H,30,33). The maximum Gasteiger partial charge on any atom is 0.327 e. The van der Waals surface area contributed by atoms with E-state index in [0.29, 0.717) is 10.6 Å². The van der Waals surface area contributed by atoms with Crippen LogP contribution in [0.2, 0.25) is 5.02 Å². The Morgan fingerprint density at radius 1 is 1.17 bits per heavy atom. The van der Waals surface area contributed by atoms with Crippen LogP contribution in [0.3, 0.4) is 0 Å². The first-order valence-corrected chi connectivity index (χ1v) is 12.1. The lowest BCUT2D eigenvalue weighted by atomic mass is 9.95. The lowest BCUT2D eigenvalue weighted by Crippen LogP contribution is -2.55. The van der Waals surface area contributed by atoms with E-state index in [1.54, 1.807) is 18.2 Å². The monoisotopic (exact) mass is 510 g/mol. The molecule has 0 spiro atoms. The Morgan fingerprint density at radius 2 is 1.91 bits per heavy atom. The zero-order valence-electron chi connectivity index (χ0n) is 18.9. The lowest BCUT2D eigenvalue weighted by molar-refractivity contribution is -0.155. The summed E-state index contributed by atoms with van der Waals surface area (Å²) in [5.41, 5.74) is 1.57. The van der Waals surface area contributed by atoms with E-state index in [1.165, 1.54) is 6.07 Å². The minimum Gasteiger partial charge on any atom is -0.486 e. The molecular formula is C25H26ClF3N2O4. The number of aliphatic hydroxyl groups is 1. The summed E-state index contributed by atoms with van der Waals surface area (Å²) in [4.78, 5) is 14.8. The molecule has 2 aromatic rings. The Hall–Kier alpha value is -2.49. The molecule has 10 heteroatoms. The van der Waals surface area contributed by atoms with Crippen molar-refractivity contribution >= 4 is 17.5 Å². The molecule has 1 amide bonds. The number of amides is 1. The van der Waals surface area contributed by atoms with Gasteiger partial charge in [0.2, 0.25) is 0 Å². The van der Waals surface area contributed by atoms with Crippen molar-refractivity contribution in [3.05, 3.63) is 57.9 Å². The number of benzene rings is 2. The van der Waals surface area contributed by atoms with Crippen LogP contribution in [0.1, 0.15) is 29.2 Å². The number of ether oxygens (including phenoxy) is 2. The minimum absolute atomic E-state index is 0.0308. The van der Waals surface area contributed by atoms with Crippen molar-refractivity contribution in [3.8, 4) is 11.5 Å². The van der Waals surface area contributed by atoms with E-state index in [2.05, 4.69) is 5.32 Å². The smallest absolute Gasteiger partial charge is 0.327 e. The van der Waals surface area contributed by atoms with Gasteiger partial charge >= 0.3 is 5.92 Å². The topological polar surface area (TPSA) is 71.0 Å². The zero-order chi connectivity index (χ0) is 24.7. The second-order valence-corrected chi connectivity index (χ2v) is 9.78. The number of alkyl halides is 2. The summed E-state index contributed by atoms with van der Waals surface area (Å²) in [6, 6.07) is 6.44. The summed E-state index contributed by atoms with van der Waals surface area (Å²) in [7, 11) is 0. The summed E-state index contributed by atoms with van der Waals surface area (Å²) < 4.78 is 55.9. The first kappa shape index (κ1) is 24.2. The fraction of sp³-hybridized carbons (Fsp3) is 0.480. The predicted octanol–water partition coefficient (Wildman–Crippen LogP) is 3.52. The minimum atomic E-state index is -3.67. The molecule has 2 heterocycles. The molecule has 3 aliphatic rings. The third kappa shape index (κ3) is 4.81. The molecule has 2 N–H and O–H groups in total. The molecule has 0 saturated carbocycles. The van der Waals surface area contributed by atoms with Gasteiger partial charge in [0.05, 0.1) is 6.04 Å². The van der Waals surface area contributed by atoms with Crippen LogP contribution in [0, 0.1) is 11.7 Å². The van der Waals surface area contributed by atoms with Crippen LogP contribution in [-0.4, -0.2) is 60.7 Å². The normalized spacial score (nSPS) is 21.1. The maximum atomic E-state index is 15.3. The largest absolute Gasteiger partial charge is 0.486 e. The number of aliphatic hydroxyl groups excluding tert-OH is 1. The van der Waals surface area contributed by atoms with E-state index >= 15 is 8.78 Å². The number of rotatable bonds is 7. The highest BCUT2D eigenvalue weighted by molar-refractivity contribution is 6.30. The highest BCUT2D eigenvalue weighted by atomic mass is 35.5. The van der Waals surface area contributed by atoms with Gasteiger partial charge < -0.3 is 24.8 Å². The molecule has 188 valence electrons. The van der Waals surface area contributed by atoms with Crippen LogP contribution >= 0.6 is 11.6 Å². The number of nitrogens with zero attached hydrogens (tertiary/aromatic N) is 1. The molecule has 0 bridgehead atoms. The van der Waals surface area contributed by atoms with Gasteiger partial charge in [-0.3, -0.25) is 4.79 Å². The summed E-state index contributed by atoms with van der Waals surface area (Å²) in [6.45, 7) is 2.03. The first-order chi connectivity index (χ1) is 16.7. The molecule has 5 rings (SSSR count). The van der Waals surface area contributed by atoms with E-state index in [9.17, 15) is 14.3 Å². The fourth-order valence-corrected chi connectivity index (χ4v) is 5.09. The van der Waals surface area contributed by atoms with E-state index in [-0.39, 0.29) is 49.7 Å². The van der Waals surface area contributed by atoms with Crippen LogP contribution < -0.4 is 14.8 Å². The number of halogens is 4. The molecule has 2 aliphatic heterocycles.